The summed E-state index contributed by atoms with van der Waals surface area (Å²) in [6, 6.07) is 0. The number of esters is 2. The molecule has 9 heteroatoms. The van der Waals surface area contributed by atoms with E-state index in [0.717, 1.165) is 12.4 Å². The summed E-state index contributed by atoms with van der Waals surface area (Å²) in [5.74, 6) is -1.72. The third-order valence-electron chi connectivity index (χ3n) is 3.12. The molecule has 0 unspecified atom stereocenters. The number of hydrogen-bond acceptors (Lipinski definition) is 5. The molecule has 0 fully saturated rings. The standard InChI is InChI=1S/C17H23F3N2O4/c1-7-25-13(23)11-10-21-22(12(11)17(18,19)20)9-8-16(5,6)14(24)26-15(2,3)4/h8-10H,7H2,1-6H3/b9-8+. The van der Waals surface area contributed by atoms with Crippen molar-refractivity contribution in [3.05, 3.63) is 23.5 Å². The Kier molecular flexibility index (Phi) is 6.27. The largest absolute Gasteiger partial charge is 0.462 e. The molecule has 6 nitrogen and oxygen atoms in total. The van der Waals surface area contributed by atoms with Gasteiger partial charge in [0.2, 0.25) is 0 Å². The third kappa shape index (κ3) is 5.60. The fourth-order valence-electron chi connectivity index (χ4n) is 1.85. The highest BCUT2D eigenvalue weighted by Gasteiger charge is 2.40. The second-order valence-corrected chi connectivity index (χ2v) is 7.11. The molecule has 26 heavy (non-hydrogen) atoms. The fraction of sp³-hybridized carbons (Fsp3) is 0.588. The second kappa shape index (κ2) is 7.51. The molecule has 1 heterocycles. The van der Waals surface area contributed by atoms with E-state index in [1.54, 1.807) is 20.8 Å². The summed E-state index contributed by atoms with van der Waals surface area (Å²) in [7, 11) is 0. The Bertz CT molecular complexity index is 698. The molecule has 0 N–H and O–H groups in total. The van der Waals surface area contributed by atoms with Crippen LogP contribution in [0.15, 0.2) is 12.3 Å². The lowest BCUT2D eigenvalue weighted by molar-refractivity contribution is -0.162. The number of carbonyl (C=O) groups is 2. The van der Waals surface area contributed by atoms with Crippen molar-refractivity contribution in [2.45, 2.75) is 53.3 Å². The van der Waals surface area contributed by atoms with Gasteiger partial charge in [-0.2, -0.15) is 18.3 Å². The first-order chi connectivity index (χ1) is 11.7. The van der Waals surface area contributed by atoms with Gasteiger partial charge in [-0.15, -0.1) is 0 Å². The number of halogens is 3. The Balaban J connectivity index is 3.22. The SMILES string of the molecule is CCOC(=O)c1cnn(/C=C/C(C)(C)C(=O)OC(C)(C)C)c1C(F)(F)F. The predicted octanol–water partition coefficient (Wildman–Crippen LogP) is 3.92. The number of nitrogens with zero attached hydrogens (tertiary/aromatic N) is 2. The number of aromatic nitrogens is 2. The summed E-state index contributed by atoms with van der Waals surface area (Å²) in [6.07, 6.45) is -1.83. The first-order valence-electron chi connectivity index (χ1n) is 7.93. The molecular formula is C17H23F3N2O4. The van der Waals surface area contributed by atoms with Gasteiger partial charge < -0.3 is 9.47 Å². The van der Waals surface area contributed by atoms with Crippen molar-refractivity contribution in [3.8, 4) is 0 Å². The second-order valence-electron chi connectivity index (χ2n) is 7.11. The fourth-order valence-corrected chi connectivity index (χ4v) is 1.85. The summed E-state index contributed by atoms with van der Waals surface area (Å²) < 4.78 is 50.4. The lowest BCUT2D eigenvalue weighted by atomic mass is 9.93. The normalized spacial score (nSPS) is 13.1. The third-order valence-corrected chi connectivity index (χ3v) is 3.12. The van der Waals surface area contributed by atoms with Crippen molar-refractivity contribution < 1.29 is 32.2 Å². The highest BCUT2D eigenvalue weighted by molar-refractivity contribution is 5.90. The smallest absolute Gasteiger partial charge is 0.434 e. The van der Waals surface area contributed by atoms with Gasteiger partial charge in [-0.25, -0.2) is 9.48 Å². The summed E-state index contributed by atoms with van der Waals surface area (Å²) in [5.41, 5.74) is -3.90. The zero-order chi connectivity index (χ0) is 20.3. The van der Waals surface area contributed by atoms with E-state index >= 15 is 0 Å². The topological polar surface area (TPSA) is 70.4 Å². The maximum Gasteiger partial charge on any atom is 0.434 e. The summed E-state index contributed by atoms with van der Waals surface area (Å²) in [4.78, 5) is 23.9. The molecule has 0 aromatic carbocycles. The van der Waals surface area contributed by atoms with Crippen LogP contribution in [0, 0.1) is 5.41 Å². The average molecular weight is 376 g/mol. The van der Waals surface area contributed by atoms with Crippen LogP contribution in [0.3, 0.4) is 0 Å². The van der Waals surface area contributed by atoms with E-state index in [-0.39, 0.29) is 6.61 Å². The van der Waals surface area contributed by atoms with E-state index in [4.69, 9.17) is 4.74 Å². The molecule has 0 amide bonds. The molecule has 1 aromatic heterocycles. The van der Waals surface area contributed by atoms with Gasteiger partial charge >= 0.3 is 18.1 Å². The van der Waals surface area contributed by atoms with E-state index in [1.807, 2.05) is 0 Å². The van der Waals surface area contributed by atoms with E-state index in [2.05, 4.69) is 9.84 Å². The average Bonchev–Trinajstić information content (AvgIpc) is 2.87. The lowest BCUT2D eigenvalue weighted by Gasteiger charge is -2.26. The van der Waals surface area contributed by atoms with Crippen molar-refractivity contribution in [2.75, 3.05) is 6.61 Å². The van der Waals surface area contributed by atoms with Crippen molar-refractivity contribution in [3.63, 3.8) is 0 Å². The molecular weight excluding hydrogens is 353 g/mol. The molecule has 0 radical (unpaired) electrons. The Morgan fingerprint density at radius 2 is 1.77 bits per heavy atom. The summed E-state index contributed by atoms with van der Waals surface area (Å²) in [5, 5.41) is 3.58. The minimum Gasteiger partial charge on any atom is -0.462 e. The molecule has 0 spiro atoms. The van der Waals surface area contributed by atoms with E-state index in [0.29, 0.717) is 4.68 Å². The Labute approximate surface area is 150 Å². The molecule has 0 aliphatic carbocycles. The molecule has 146 valence electrons. The van der Waals surface area contributed by atoms with Crippen LogP contribution in [0.1, 0.15) is 57.6 Å². The molecule has 1 rings (SSSR count). The van der Waals surface area contributed by atoms with Crippen LogP contribution in [-0.2, 0) is 20.4 Å². The molecule has 0 bridgehead atoms. The molecule has 0 aliphatic rings. The van der Waals surface area contributed by atoms with Gasteiger partial charge in [0.25, 0.3) is 0 Å². The highest BCUT2D eigenvalue weighted by Crippen LogP contribution is 2.33. The number of carbonyl (C=O) groups excluding carboxylic acids is 2. The minimum atomic E-state index is -4.83. The monoisotopic (exact) mass is 376 g/mol. The predicted molar refractivity (Wildman–Crippen MR) is 88.1 cm³/mol. The van der Waals surface area contributed by atoms with Gasteiger partial charge in [-0.1, -0.05) is 0 Å². The van der Waals surface area contributed by atoms with Gasteiger partial charge in [-0.05, 0) is 47.6 Å². The van der Waals surface area contributed by atoms with Gasteiger partial charge in [0, 0.05) is 6.20 Å². The zero-order valence-electron chi connectivity index (χ0n) is 15.6. The first-order valence-corrected chi connectivity index (χ1v) is 7.93. The van der Waals surface area contributed by atoms with E-state index in [1.165, 1.54) is 26.8 Å². The van der Waals surface area contributed by atoms with Crippen molar-refractivity contribution in [2.24, 2.45) is 5.41 Å². The maximum absolute atomic E-state index is 13.3. The molecule has 1 aromatic rings. The van der Waals surface area contributed by atoms with Crippen molar-refractivity contribution in [1.29, 1.82) is 0 Å². The van der Waals surface area contributed by atoms with Crippen LogP contribution in [0.4, 0.5) is 13.2 Å². The molecule has 0 saturated heterocycles. The zero-order valence-corrected chi connectivity index (χ0v) is 15.6. The van der Waals surface area contributed by atoms with Crippen molar-refractivity contribution >= 4 is 18.1 Å². The Hall–Kier alpha value is -2.32. The van der Waals surface area contributed by atoms with Crippen molar-refractivity contribution in [1.82, 2.24) is 9.78 Å². The van der Waals surface area contributed by atoms with Crippen LogP contribution in [0.25, 0.3) is 6.20 Å². The van der Waals surface area contributed by atoms with Crippen LogP contribution < -0.4 is 0 Å². The molecule has 0 saturated carbocycles. The van der Waals surface area contributed by atoms with Gasteiger partial charge in [-0.3, -0.25) is 4.79 Å². The van der Waals surface area contributed by atoms with Gasteiger partial charge in [0.1, 0.15) is 11.2 Å². The van der Waals surface area contributed by atoms with E-state index < -0.39 is 40.4 Å². The van der Waals surface area contributed by atoms with Crippen LogP contribution >= 0.6 is 0 Å². The van der Waals surface area contributed by atoms with Crippen LogP contribution in [0.5, 0.6) is 0 Å². The summed E-state index contributed by atoms with van der Waals surface area (Å²) in [6.45, 7) is 9.48. The van der Waals surface area contributed by atoms with Gasteiger partial charge in [0.05, 0.1) is 18.2 Å². The highest BCUT2D eigenvalue weighted by atomic mass is 19.4. The van der Waals surface area contributed by atoms with Crippen LogP contribution in [-0.4, -0.2) is 33.9 Å². The number of alkyl halides is 3. The minimum absolute atomic E-state index is 0.0666. The number of rotatable bonds is 5. The first kappa shape index (κ1) is 21.7. The van der Waals surface area contributed by atoms with Crippen LogP contribution in [0.2, 0.25) is 0 Å². The maximum atomic E-state index is 13.3. The molecule has 0 aliphatic heterocycles. The number of hydrogen-bond donors (Lipinski definition) is 0. The molecule has 0 atom stereocenters. The quantitative estimate of drug-likeness (QED) is 0.729. The van der Waals surface area contributed by atoms with E-state index in [9.17, 15) is 22.8 Å². The summed E-state index contributed by atoms with van der Waals surface area (Å²) >= 11 is 0. The Morgan fingerprint density at radius 1 is 1.19 bits per heavy atom. The van der Waals surface area contributed by atoms with Gasteiger partial charge in [0.15, 0.2) is 5.69 Å². The lowest BCUT2D eigenvalue weighted by Crippen LogP contribution is -2.32. The Morgan fingerprint density at radius 3 is 2.23 bits per heavy atom. The number of ether oxygens (including phenoxy) is 2.